The molecular weight excluding hydrogens is 326 g/mol. The second-order valence-corrected chi connectivity index (χ2v) is 6.33. The number of ketones is 1. The van der Waals surface area contributed by atoms with Crippen molar-refractivity contribution in [1.29, 1.82) is 0 Å². The van der Waals surface area contributed by atoms with Crippen LogP contribution in [0.3, 0.4) is 0 Å². The van der Waals surface area contributed by atoms with E-state index in [-0.39, 0.29) is 5.78 Å². The Morgan fingerprint density at radius 1 is 0.923 bits per heavy atom. The molecule has 0 atom stereocenters. The third-order valence-electron chi connectivity index (χ3n) is 3.96. The van der Waals surface area contributed by atoms with E-state index in [1.165, 1.54) is 5.56 Å². The zero-order valence-electron chi connectivity index (χ0n) is 15.0. The molecule has 2 N–H and O–H groups in total. The van der Waals surface area contributed by atoms with Crippen molar-refractivity contribution in [1.82, 2.24) is 15.2 Å². The van der Waals surface area contributed by atoms with Crippen LogP contribution in [-0.2, 0) is 0 Å². The second kappa shape index (κ2) is 7.74. The lowest BCUT2D eigenvalue weighted by Crippen LogP contribution is -2.02. The van der Waals surface area contributed by atoms with E-state index in [0.29, 0.717) is 23.2 Å². The molecule has 0 saturated heterocycles. The van der Waals surface area contributed by atoms with E-state index in [4.69, 9.17) is 0 Å². The summed E-state index contributed by atoms with van der Waals surface area (Å²) in [5.41, 5.74) is 3.67. The first-order chi connectivity index (χ1) is 12.5. The summed E-state index contributed by atoms with van der Waals surface area (Å²) >= 11 is 0. The molecule has 0 radical (unpaired) electrons. The highest BCUT2D eigenvalue weighted by molar-refractivity contribution is 5.94. The smallest absolute Gasteiger partial charge is 0.249 e. The maximum atomic E-state index is 11.3. The minimum atomic E-state index is 0.0372. The van der Waals surface area contributed by atoms with Crippen LogP contribution in [-0.4, -0.2) is 21.0 Å². The number of aromatic nitrogens is 3. The van der Waals surface area contributed by atoms with Crippen LogP contribution in [0.15, 0.2) is 54.7 Å². The summed E-state index contributed by atoms with van der Waals surface area (Å²) in [7, 11) is 0. The van der Waals surface area contributed by atoms with Crippen molar-refractivity contribution in [2.24, 2.45) is 0 Å². The molecule has 0 bridgehead atoms. The van der Waals surface area contributed by atoms with Crippen LogP contribution < -0.4 is 10.6 Å². The summed E-state index contributed by atoms with van der Waals surface area (Å²) in [6.45, 7) is 5.86. The fourth-order valence-electron chi connectivity index (χ4n) is 2.43. The molecule has 26 heavy (non-hydrogen) atoms. The van der Waals surface area contributed by atoms with Gasteiger partial charge in [-0.1, -0.05) is 26.0 Å². The molecule has 1 heterocycles. The SMILES string of the molecule is CC(=O)c1ccc(Nc2cnnc(Nc3ccc(C(C)C)cc3)n2)cc1. The van der Waals surface area contributed by atoms with Crippen molar-refractivity contribution in [2.45, 2.75) is 26.7 Å². The third kappa shape index (κ3) is 4.42. The van der Waals surface area contributed by atoms with Crippen molar-refractivity contribution in [3.05, 3.63) is 65.9 Å². The van der Waals surface area contributed by atoms with E-state index in [1.54, 1.807) is 25.3 Å². The minimum absolute atomic E-state index is 0.0372. The van der Waals surface area contributed by atoms with E-state index >= 15 is 0 Å². The largest absolute Gasteiger partial charge is 0.339 e. The average Bonchev–Trinajstić information content (AvgIpc) is 2.63. The van der Waals surface area contributed by atoms with Gasteiger partial charge >= 0.3 is 0 Å². The molecule has 0 aliphatic rings. The predicted octanol–water partition coefficient (Wildman–Crippen LogP) is 4.68. The number of carbonyl (C=O) groups is 1. The van der Waals surface area contributed by atoms with Gasteiger partial charge in [-0.25, -0.2) is 0 Å². The maximum absolute atomic E-state index is 11.3. The summed E-state index contributed by atoms with van der Waals surface area (Å²) in [6.07, 6.45) is 1.55. The number of hydrogen-bond acceptors (Lipinski definition) is 6. The van der Waals surface area contributed by atoms with Gasteiger partial charge in [-0.15, -0.1) is 5.10 Å². The van der Waals surface area contributed by atoms with E-state index in [0.717, 1.165) is 11.4 Å². The topological polar surface area (TPSA) is 79.8 Å². The molecule has 0 fully saturated rings. The van der Waals surface area contributed by atoms with Gasteiger partial charge in [0.25, 0.3) is 0 Å². The molecule has 0 aliphatic heterocycles. The van der Waals surface area contributed by atoms with E-state index in [2.05, 4.69) is 51.8 Å². The first kappa shape index (κ1) is 17.5. The fraction of sp³-hybridized carbons (Fsp3) is 0.200. The fourth-order valence-corrected chi connectivity index (χ4v) is 2.43. The number of nitrogens with zero attached hydrogens (tertiary/aromatic N) is 3. The Hall–Kier alpha value is -3.28. The second-order valence-electron chi connectivity index (χ2n) is 6.33. The summed E-state index contributed by atoms with van der Waals surface area (Å²) in [6, 6.07) is 15.4. The lowest BCUT2D eigenvalue weighted by atomic mass is 10.0. The first-order valence-electron chi connectivity index (χ1n) is 8.46. The Morgan fingerprint density at radius 3 is 2.15 bits per heavy atom. The average molecular weight is 347 g/mol. The Kier molecular flexibility index (Phi) is 5.22. The van der Waals surface area contributed by atoms with E-state index < -0.39 is 0 Å². The lowest BCUT2D eigenvalue weighted by molar-refractivity contribution is 0.101. The van der Waals surface area contributed by atoms with Gasteiger partial charge in [-0.05, 0) is 54.8 Å². The van der Waals surface area contributed by atoms with Crippen molar-refractivity contribution in [2.75, 3.05) is 10.6 Å². The van der Waals surface area contributed by atoms with Crippen molar-refractivity contribution in [3.8, 4) is 0 Å². The van der Waals surface area contributed by atoms with Gasteiger partial charge in [0.05, 0.1) is 6.20 Å². The summed E-state index contributed by atoms with van der Waals surface area (Å²) in [4.78, 5) is 15.7. The molecule has 0 amide bonds. The van der Waals surface area contributed by atoms with Gasteiger partial charge in [0.15, 0.2) is 11.6 Å². The monoisotopic (exact) mass is 347 g/mol. The third-order valence-corrected chi connectivity index (χ3v) is 3.96. The Labute approximate surface area is 152 Å². The van der Waals surface area contributed by atoms with E-state index in [9.17, 15) is 4.79 Å². The van der Waals surface area contributed by atoms with Gasteiger partial charge in [0.1, 0.15) is 0 Å². The van der Waals surface area contributed by atoms with E-state index in [1.807, 2.05) is 24.3 Å². The first-order valence-corrected chi connectivity index (χ1v) is 8.46. The van der Waals surface area contributed by atoms with Gasteiger partial charge in [-0.2, -0.15) is 10.1 Å². The molecule has 2 aromatic carbocycles. The standard InChI is InChI=1S/C20H21N5O/c1-13(2)15-4-8-18(9-5-15)23-20-24-19(12-21-25-20)22-17-10-6-16(7-11-17)14(3)26/h4-13H,1-3H3,(H2,22,23,24,25). The number of nitrogens with one attached hydrogen (secondary N) is 2. The zero-order chi connectivity index (χ0) is 18.5. The van der Waals surface area contributed by atoms with Crippen LogP contribution in [0.5, 0.6) is 0 Å². The highest BCUT2D eigenvalue weighted by Gasteiger charge is 2.04. The highest BCUT2D eigenvalue weighted by atomic mass is 16.1. The number of rotatable bonds is 6. The number of benzene rings is 2. The summed E-state index contributed by atoms with van der Waals surface area (Å²) in [5.74, 6) is 1.50. The molecule has 0 aliphatic carbocycles. The number of Topliss-reactive ketones (excluding diaryl/α,β-unsaturated/α-hetero) is 1. The molecule has 6 heteroatoms. The molecule has 6 nitrogen and oxygen atoms in total. The van der Waals surface area contributed by atoms with Crippen molar-refractivity contribution < 1.29 is 4.79 Å². The van der Waals surface area contributed by atoms with Crippen LogP contribution in [0, 0.1) is 0 Å². The summed E-state index contributed by atoms with van der Waals surface area (Å²) < 4.78 is 0. The molecule has 0 unspecified atom stereocenters. The highest BCUT2D eigenvalue weighted by Crippen LogP contribution is 2.20. The number of hydrogen-bond donors (Lipinski definition) is 2. The minimum Gasteiger partial charge on any atom is -0.339 e. The van der Waals surface area contributed by atoms with Crippen LogP contribution in [0.1, 0.15) is 42.6 Å². The van der Waals surface area contributed by atoms with Gasteiger partial charge in [-0.3, -0.25) is 4.79 Å². The van der Waals surface area contributed by atoms with Gasteiger partial charge < -0.3 is 10.6 Å². The van der Waals surface area contributed by atoms with Crippen LogP contribution in [0.2, 0.25) is 0 Å². The van der Waals surface area contributed by atoms with Crippen LogP contribution >= 0.6 is 0 Å². The van der Waals surface area contributed by atoms with Gasteiger partial charge in [0.2, 0.25) is 5.95 Å². The molecule has 132 valence electrons. The molecule has 0 spiro atoms. The number of anilines is 4. The van der Waals surface area contributed by atoms with Crippen molar-refractivity contribution in [3.63, 3.8) is 0 Å². The normalized spacial score (nSPS) is 10.6. The van der Waals surface area contributed by atoms with Crippen LogP contribution in [0.4, 0.5) is 23.1 Å². The number of carbonyl (C=O) groups excluding carboxylic acids is 1. The van der Waals surface area contributed by atoms with Crippen LogP contribution in [0.25, 0.3) is 0 Å². The molecule has 3 aromatic rings. The summed E-state index contributed by atoms with van der Waals surface area (Å²) in [5, 5.41) is 14.3. The Balaban J connectivity index is 1.70. The Bertz CT molecular complexity index is 889. The molecule has 0 saturated carbocycles. The molecular formula is C20H21N5O. The lowest BCUT2D eigenvalue weighted by Gasteiger charge is -2.09. The predicted molar refractivity (Wildman–Crippen MR) is 103 cm³/mol. The molecule has 3 rings (SSSR count). The zero-order valence-corrected chi connectivity index (χ0v) is 15.0. The van der Waals surface area contributed by atoms with Gasteiger partial charge in [0, 0.05) is 16.9 Å². The maximum Gasteiger partial charge on any atom is 0.249 e. The quantitative estimate of drug-likeness (QED) is 0.630. The van der Waals surface area contributed by atoms with Crippen molar-refractivity contribution >= 4 is 28.9 Å². The Morgan fingerprint density at radius 2 is 1.54 bits per heavy atom. The molecule has 1 aromatic heterocycles.